The molecule has 152 valence electrons. The molecule has 29 heavy (non-hydrogen) atoms. The Balaban J connectivity index is 1.35. The summed E-state index contributed by atoms with van der Waals surface area (Å²) in [5.41, 5.74) is 3.43. The molecule has 7 nitrogen and oxygen atoms in total. The molecule has 0 saturated carbocycles. The van der Waals surface area contributed by atoms with Crippen molar-refractivity contribution >= 4 is 11.6 Å². The van der Waals surface area contributed by atoms with Gasteiger partial charge in [0.05, 0.1) is 13.1 Å². The third-order valence-electron chi connectivity index (χ3n) is 5.19. The van der Waals surface area contributed by atoms with Crippen molar-refractivity contribution in [1.29, 1.82) is 0 Å². The largest absolute Gasteiger partial charge is 0.357 e. The van der Waals surface area contributed by atoms with Crippen LogP contribution in [0.2, 0.25) is 0 Å². The van der Waals surface area contributed by atoms with Gasteiger partial charge in [-0.15, -0.1) is 10.2 Å². The van der Waals surface area contributed by atoms with Gasteiger partial charge in [0.25, 0.3) is 0 Å². The van der Waals surface area contributed by atoms with Crippen LogP contribution in [-0.2, 0) is 19.6 Å². The molecule has 0 aliphatic carbocycles. The van der Waals surface area contributed by atoms with Crippen molar-refractivity contribution in [3.05, 3.63) is 65.6 Å². The van der Waals surface area contributed by atoms with E-state index in [1.165, 1.54) is 37.1 Å². The zero-order valence-electron chi connectivity index (χ0n) is 17.0. The lowest BCUT2D eigenvalue weighted by atomic mass is 10.1. The van der Waals surface area contributed by atoms with Crippen LogP contribution in [0.5, 0.6) is 0 Å². The fourth-order valence-corrected chi connectivity index (χ4v) is 3.64. The summed E-state index contributed by atoms with van der Waals surface area (Å²) >= 11 is 0. The minimum Gasteiger partial charge on any atom is -0.357 e. The maximum atomic E-state index is 4.72. The number of fused-ring (bicyclic) bond motifs is 1. The Morgan fingerprint density at radius 1 is 1.00 bits per heavy atom. The first-order valence-corrected chi connectivity index (χ1v) is 10.4. The molecule has 1 saturated heterocycles. The smallest absolute Gasteiger partial charge is 0.191 e. The normalized spacial score (nSPS) is 15.1. The number of aliphatic imine (C=N–C) groups is 1. The third kappa shape index (κ3) is 5.12. The van der Waals surface area contributed by atoms with Crippen LogP contribution in [0.25, 0.3) is 5.65 Å². The predicted octanol–water partition coefficient (Wildman–Crippen LogP) is 2.58. The minimum absolute atomic E-state index is 0.561. The molecule has 1 aliphatic heterocycles. The first-order chi connectivity index (χ1) is 14.3. The van der Waals surface area contributed by atoms with Crippen LogP contribution in [0.15, 0.2) is 53.7 Å². The fraction of sp³-hybridized carbons (Fsp3) is 0.409. The standard InChI is InChI=1S/C22H29N7/c1-2-23-22(25-16-21-27-26-20-7-3-4-14-29(20)21)24-15-18-8-10-19(11-9-18)17-28-12-5-6-13-28/h3-4,7-11,14H,2,5-6,12-13,15-17H2,1H3,(H2,23,24,25). The van der Waals surface area contributed by atoms with Gasteiger partial charge in [0.1, 0.15) is 0 Å². The number of nitrogens with one attached hydrogen (secondary N) is 2. The SMILES string of the molecule is CCNC(=NCc1ccc(CN2CCCC2)cc1)NCc1nnc2ccccn12. The summed E-state index contributed by atoms with van der Waals surface area (Å²) in [7, 11) is 0. The molecule has 2 N–H and O–H groups in total. The number of rotatable bonds is 7. The quantitative estimate of drug-likeness (QED) is 0.479. The van der Waals surface area contributed by atoms with E-state index in [-0.39, 0.29) is 0 Å². The van der Waals surface area contributed by atoms with Crippen LogP contribution < -0.4 is 10.6 Å². The van der Waals surface area contributed by atoms with Crippen molar-refractivity contribution in [1.82, 2.24) is 30.1 Å². The second kappa shape index (κ2) is 9.52. The Kier molecular flexibility index (Phi) is 6.36. The van der Waals surface area contributed by atoms with Crippen LogP contribution in [0.4, 0.5) is 0 Å². The molecule has 7 heteroatoms. The molecule has 3 aromatic rings. The molecule has 0 atom stereocenters. The average molecular weight is 392 g/mol. The van der Waals surface area contributed by atoms with E-state index >= 15 is 0 Å². The summed E-state index contributed by atoms with van der Waals surface area (Å²) in [5, 5.41) is 15.1. The number of aromatic nitrogens is 3. The molecule has 1 aromatic carbocycles. The van der Waals surface area contributed by atoms with Gasteiger partial charge in [-0.3, -0.25) is 9.30 Å². The molecule has 0 amide bonds. The molecule has 0 bridgehead atoms. The summed E-state index contributed by atoms with van der Waals surface area (Å²) in [5.74, 6) is 1.64. The number of hydrogen-bond acceptors (Lipinski definition) is 4. The molecule has 1 fully saturated rings. The van der Waals surface area contributed by atoms with E-state index in [2.05, 4.69) is 56.9 Å². The van der Waals surface area contributed by atoms with Crippen molar-refractivity contribution in [3.8, 4) is 0 Å². The lowest BCUT2D eigenvalue weighted by Crippen LogP contribution is -2.37. The van der Waals surface area contributed by atoms with Crippen molar-refractivity contribution in [2.45, 2.75) is 39.4 Å². The number of pyridine rings is 1. The Labute approximate surface area is 171 Å². The second-order valence-electron chi connectivity index (χ2n) is 7.39. The van der Waals surface area contributed by atoms with Crippen LogP contribution in [0.1, 0.15) is 36.7 Å². The minimum atomic E-state index is 0.561. The lowest BCUT2D eigenvalue weighted by Gasteiger charge is -2.14. The highest BCUT2D eigenvalue weighted by Crippen LogP contribution is 2.13. The zero-order chi connectivity index (χ0) is 19.9. The van der Waals surface area contributed by atoms with E-state index < -0.39 is 0 Å². The van der Waals surface area contributed by atoms with Gasteiger partial charge in [0.2, 0.25) is 0 Å². The maximum absolute atomic E-state index is 4.72. The Morgan fingerprint density at radius 3 is 2.59 bits per heavy atom. The summed E-state index contributed by atoms with van der Waals surface area (Å²) in [6, 6.07) is 14.7. The van der Waals surface area contributed by atoms with Crippen molar-refractivity contribution < 1.29 is 0 Å². The highest BCUT2D eigenvalue weighted by atomic mass is 15.3. The number of guanidine groups is 1. The van der Waals surface area contributed by atoms with E-state index in [4.69, 9.17) is 4.99 Å². The van der Waals surface area contributed by atoms with E-state index in [9.17, 15) is 0 Å². The van der Waals surface area contributed by atoms with Gasteiger partial charge in [-0.2, -0.15) is 0 Å². The Bertz CT molecular complexity index is 939. The summed E-state index contributed by atoms with van der Waals surface area (Å²) < 4.78 is 1.98. The molecule has 1 aliphatic rings. The first-order valence-electron chi connectivity index (χ1n) is 10.4. The average Bonchev–Trinajstić information content (AvgIpc) is 3.41. The van der Waals surface area contributed by atoms with Crippen molar-refractivity contribution in [2.75, 3.05) is 19.6 Å². The third-order valence-corrected chi connectivity index (χ3v) is 5.19. The number of nitrogens with zero attached hydrogens (tertiary/aromatic N) is 5. The van der Waals surface area contributed by atoms with Crippen molar-refractivity contribution in [2.24, 2.45) is 4.99 Å². The molecular weight excluding hydrogens is 362 g/mol. The van der Waals surface area contributed by atoms with Gasteiger partial charge < -0.3 is 10.6 Å². The van der Waals surface area contributed by atoms with Crippen LogP contribution >= 0.6 is 0 Å². The predicted molar refractivity (Wildman–Crippen MR) is 116 cm³/mol. The summed E-state index contributed by atoms with van der Waals surface area (Å²) in [4.78, 5) is 7.25. The fourth-order valence-electron chi connectivity index (χ4n) is 3.64. The molecule has 0 unspecified atom stereocenters. The van der Waals surface area contributed by atoms with E-state index in [0.29, 0.717) is 13.1 Å². The molecule has 3 heterocycles. The van der Waals surface area contributed by atoms with Gasteiger partial charge >= 0.3 is 0 Å². The van der Waals surface area contributed by atoms with Crippen molar-refractivity contribution in [3.63, 3.8) is 0 Å². The zero-order valence-corrected chi connectivity index (χ0v) is 17.0. The van der Waals surface area contributed by atoms with Gasteiger partial charge in [-0.1, -0.05) is 30.3 Å². The monoisotopic (exact) mass is 391 g/mol. The highest BCUT2D eigenvalue weighted by Gasteiger charge is 2.11. The first kappa shape index (κ1) is 19.4. The van der Waals surface area contributed by atoms with Gasteiger partial charge in [0, 0.05) is 19.3 Å². The summed E-state index contributed by atoms with van der Waals surface area (Å²) in [6.45, 7) is 7.58. The van der Waals surface area contributed by atoms with E-state index in [1.54, 1.807) is 0 Å². The van der Waals surface area contributed by atoms with Gasteiger partial charge in [-0.25, -0.2) is 4.99 Å². The number of likely N-dealkylation sites (tertiary alicyclic amines) is 1. The number of benzene rings is 1. The van der Waals surface area contributed by atoms with Crippen LogP contribution in [0, 0.1) is 0 Å². The molecule has 0 radical (unpaired) electrons. The van der Waals surface area contributed by atoms with Crippen LogP contribution in [-0.4, -0.2) is 45.1 Å². The van der Waals surface area contributed by atoms with E-state index in [0.717, 1.165) is 30.5 Å². The van der Waals surface area contributed by atoms with Gasteiger partial charge in [-0.05, 0) is 56.1 Å². The summed E-state index contributed by atoms with van der Waals surface area (Å²) in [6.07, 6.45) is 4.63. The van der Waals surface area contributed by atoms with Gasteiger partial charge in [0.15, 0.2) is 17.4 Å². The van der Waals surface area contributed by atoms with Crippen LogP contribution in [0.3, 0.4) is 0 Å². The topological polar surface area (TPSA) is 69.8 Å². The Morgan fingerprint density at radius 2 is 1.79 bits per heavy atom. The maximum Gasteiger partial charge on any atom is 0.191 e. The molecule has 0 spiro atoms. The number of hydrogen-bond donors (Lipinski definition) is 2. The second-order valence-corrected chi connectivity index (χ2v) is 7.39. The lowest BCUT2D eigenvalue weighted by molar-refractivity contribution is 0.331. The van der Waals surface area contributed by atoms with E-state index in [1.807, 2.05) is 28.8 Å². The molecule has 2 aromatic heterocycles. The Hall–Kier alpha value is -2.93. The molecule has 4 rings (SSSR count). The molecular formula is C22H29N7. The highest BCUT2D eigenvalue weighted by molar-refractivity contribution is 5.79.